The van der Waals surface area contributed by atoms with Crippen LogP contribution in [0.4, 0.5) is 18.9 Å². The fraction of sp³-hybridized carbons (Fsp3) is 0.406. The summed E-state index contributed by atoms with van der Waals surface area (Å²) >= 11 is 0. The smallest absolute Gasteiger partial charge is 0.342 e. The molecule has 252 valence electrons. The van der Waals surface area contributed by atoms with Crippen molar-refractivity contribution in [3.8, 4) is 0 Å². The number of anilines is 1. The maximum atomic E-state index is 13.6. The molecule has 2 aromatic carbocycles. The lowest BCUT2D eigenvalue weighted by Gasteiger charge is -2.29. The summed E-state index contributed by atoms with van der Waals surface area (Å²) in [5, 5.41) is 6.23. The number of alkyl halides is 3. The molecule has 3 aromatic rings. The summed E-state index contributed by atoms with van der Waals surface area (Å²) in [5.74, 6) is -2.22. The number of fused-ring (bicyclic) bond motifs is 1. The summed E-state index contributed by atoms with van der Waals surface area (Å²) < 4.78 is 39.4. The summed E-state index contributed by atoms with van der Waals surface area (Å²) in [7, 11) is 0. The second-order valence-corrected chi connectivity index (χ2v) is 11.3. The van der Waals surface area contributed by atoms with Crippen molar-refractivity contribution in [3.63, 3.8) is 0 Å². The molecule has 8 N–H and O–H groups in total. The van der Waals surface area contributed by atoms with Gasteiger partial charge in [0.25, 0.3) is 0 Å². The second-order valence-electron chi connectivity index (χ2n) is 11.3. The number of likely N-dealkylation sites (tertiary alicyclic amines) is 1. The predicted octanol–water partition coefficient (Wildman–Crippen LogP) is 1.37. The van der Waals surface area contributed by atoms with E-state index in [2.05, 4.69) is 15.6 Å². The third kappa shape index (κ3) is 9.24. The van der Waals surface area contributed by atoms with E-state index in [0.717, 1.165) is 17.5 Å². The van der Waals surface area contributed by atoms with Gasteiger partial charge in [0.15, 0.2) is 0 Å². The van der Waals surface area contributed by atoms with Gasteiger partial charge in [0.05, 0.1) is 23.5 Å². The summed E-state index contributed by atoms with van der Waals surface area (Å²) in [4.78, 5) is 60.2. The molecular formula is C32H39F3N8O4. The minimum Gasteiger partial charge on any atom is -0.342 e. The fourth-order valence-electron chi connectivity index (χ4n) is 5.52. The van der Waals surface area contributed by atoms with E-state index >= 15 is 0 Å². The highest BCUT2D eigenvalue weighted by Crippen LogP contribution is 2.29. The molecule has 47 heavy (non-hydrogen) atoms. The molecule has 1 saturated heterocycles. The van der Waals surface area contributed by atoms with Gasteiger partial charge >= 0.3 is 6.18 Å². The van der Waals surface area contributed by atoms with E-state index in [9.17, 15) is 32.3 Å². The van der Waals surface area contributed by atoms with Crippen LogP contribution < -0.4 is 27.8 Å². The van der Waals surface area contributed by atoms with E-state index in [1.807, 2.05) is 6.07 Å². The minimum atomic E-state index is -4.54. The lowest BCUT2D eigenvalue weighted by molar-refractivity contribution is -0.142. The van der Waals surface area contributed by atoms with Crippen LogP contribution in [0.15, 0.2) is 60.8 Å². The molecule has 15 heteroatoms. The van der Waals surface area contributed by atoms with E-state index in [4.69, 9.17) is 17.2 Å². The van der Waals surface area contributed by atoms with E-state index in [1.165, 1.54) is 21.9 Å². The van der Waals surface area contributed by atoms with Gasteiger partial charge in [-0.2, -0.15) is 13.2 Å². The molecule has 12 nitrogen and oxygen atoms in total. The normalized spacial score (nSPS) is 16.0. The highest BCUT2D eigenvalue weighted by Gasteiger charge is 2.38. The van der Waals surface area contributed by atoms with Crippen molar-refractivity contribution in [3.05, 3.63) is 71.9 Å². The quantitative estimate of drug-likeness (QED) is 0.182. The Morgan fingerprint density at radius 3 is 2.38 bits per heavy atom. The van der Waals surface area contributed by atoms with Crippen molar-refractivity contribution < 1.29 is 32.3 Å². The number of carbonyl (C=O) groups is 4. The number of amides is 4. The van der Waals surface area contributed by atoms with Crippen LogP contribution in [0.25, 0.3) is 10.9 Å². The zero-order valence-electron chi connectivity index (χ0n) is 25.7. The Kier molecular flexibility index (Phi) is 11.9. The van der Waals surface area contributed by atoms with Crippen LogP contribution in [-0.4, -0.2) is 89.3 Å². The van der Waals surface area contributed by atoms with Crippen molar-refractivity contribution in [2.75, 3.05) is 38.0 Å². The first-order chi connectivity index (χ1) is 22.4. The number of nitrogens with one attached hydrogen (secondary N) is 2. The number of aromatic nitrogens is 1. The van der Waals surface area contributed by atoms with Crippen LogP contribution in [-0.2, 0) is 31.8 Å². The highest BCUT2D eigenvalue weighted by molar-refractivity contribution is 6.00. The number of carbonyl (C=O) groups excluding carboxylic acids is 4. The number of hydrogen-bond acceptors (Lipinski definition) is 8. The van der Waals surface area contributed by atoms with Gasteiger partial charge in [-0.15, -0.1) is 0 Å². The molecule has 3 unspecified atom stereocenters. The maximum Gasteiger partial charge on any atom is 0.416 e. The highest BCUT2D eigenvalue weighted by atomic mass is 19.4. The van der Waals surface area contributed by atoms with E-state index in [0.29, 0.717) is 23.2 Å². The van der Waals surface area contributed by atoms with Crippen LogP contribution in [0.1, 0.15) is 30.4 Å². The molecule has 4 amide bonds. The van der Waals surface area contributed by atoms with Gasteiger partial charge in [0.1, 0.15) is 12.1 Å². The fourth-order valence-corrected chi connectivity index (χ4v) is 5.52. The van der Waals surface area contributed by atoms with Crippen LogP contribution in [0, 0.1) is 0 Å². The van der Waals surface area contributed by atoms with Gasteiger partial charge < -0.3 is 37.6 Å². The Balaban J connectivity index is 1.50. The monoisotopic (exact) mass is 656 g/mol. The van der Waals surface area contributed by atoms with Crippen molar-refractivity contribution in [1.29, 1.82) is 0 Å². The third-order valence-electron chi connectivity index (χ3n) is 7.93. The Morgan fingerprint density at radius 1 is 1.02 bits per heavy atom. The van der Waals surface area contributed by atoms with Crippen LogP contribution in [0.3, 0.4) is 0 Å². The largest absolute Gasteiger partial charge is 0.416 e. The zero-order valence-corrected chi connectivity index (χ0v) is 25.7. The molecule has 2 heterocycles. The average molecular weight is 657 g/mol. The number of pyridine rings is 1. The van der Waals surface area contributed by atoms with Crippen molar-refractivity contribution >= 4 is 40.2 Å². The number of nitrogens with zero attached hydrogens (tertiary/aromatic N) is 3. The molecule has 0 spiro atoms. The number of hydrogen-bond donors (Lipinski definition) is 5. The van der Waals surface area contributed by atoms with Gasteiger partial charge in [-0.3, -0.25) is 24.2 Å². The molecule has 0 bridgehead atoms. The first-order valence-corrected chi connectivity index (χ1v) is 15.3. The molecule has 1 aromatic heterocycles. The third-order valence-corrected chi connectivity index (χ3v) is 7.93. The molecule has 1 fully saturated rings. The molecule has 0 radical (unpaired) electrons. The Bertz CT molecular complexity index is 1560. The van der Waals surface area contributed by atoms with Crippen LogP contribution >= 0.6 is 0 Å². The van der Waals surface area contributed by atoms with Gasteiger partial charge in [-0.25, -0.2) is 0 Å². The Labute approximate surface area is 269 Å². The minimum absolute atomic E-state index is 0.127. The van der Waals surface area contributed by atoms with Gasteiger partial charge in [-0.1, -0.05) is 18.2 Å². The number of rotatable bonds is 13. The summed E-state index contributed by atoms with van der Waals surface area (Å²) in [5.41, 5.74) is 17.9. The maximum absolute atomic E-state index is 13.6. The van der Waals surface area contributed by atoms with E-state index in [1.54, 1.807) is 30.5 Å². The predicted molar refractivity (Wildman–Crippen MR) is 169 cm³/mol. The Hall–Kier alpha value is -4.60. The number of halogens is 3. The summed E-state index contributed by atoms with van der Waals surface area (Å²) in [6.45, 7) is 1.15. The first-order valence-electron chi connectivity index (χ1n) is 15.3. The zero-order chi connectivity index (χ0) is 34.1. The van der Waals surface area contributed by atoms with Crippen molar-refractivity contribution in [2.45, 2.75) is 50.0 Å². The van der Waals surface area contributed by atoms with Gasteiger partial charge in [-0.05, 0) is 54.8 Å². The van der Waals surface area contributed by atoms with E-state index in [-0.39, 0.29) is 57.9 Å². The molecule has 1 aliphatic rings. The SMILES string of the molecule is NCCN(CCN)C(=O)CC(N)C(=O)N1CCCC1C(=O)NC(Cc1ccc(C(F)(F)F)cc1)C(=O)Nc1ccc2ncccc2c1. The molecule has 4 rings (SSSR count). The molecule has 0 aliphatic carbocycles. The van der Waals surface area contributed by atoms with Crippen LogP contribution in [0.2, 0.25) is 0 Å². The second kappa shape index (κ2) is 15.8. The van der Waals surface area contributed by atoms with Crippen molar-refractivity contribution in [2.24, 2.45) is 17.2 Å². The molecule has 0 saturated carbocycles. The Morgan fingerprint density at radius 2 is 1.72 bits per heavy atom. The standard InChI is InChI=1S/C32H39F3N8O4/c33-32(34,35)22-7-5-20(6-8-22)17-26(29(45)40-23-9-10-25-21(18-23)3-1-13-39-25)41-30(46)27-4-2-14-43(27)31(47)24(38)19-28(44)42(15-11-36)16-12-37/h1,3,5-10,13,18,24,26-27H,2,4,11-12,14-17,19,36-38H2,(H,40,45)(H,41,46). The number of nitrogens with two attached hydrogens (primary N) is 3. The van der Waals surface area contributed by atoms with Crippen molar-refractivity contribution in [1.82, 2.24) is 20.1 Å². The first kappa shape index (κ1) is 35.3. The molecule has 1 aliphatic heterocycles. The molecular weight excluding hydrogens is 617 g/mol. The van der Waals surface area contributed by atoms with Gasteiger partial charge in [0, 0.05) is 56.4 Å². The summed E-state index contributed by atoms with van der Waals surface area (Å²) in [6.07, 6.45) is -2.56. The number of benzene rings is 2. The van der Waals surface area contributed by atoms with Crippen LogP contribution in [0.5, 0.6) is 0 Å². The lowest BCUT2D eigenvalue weighted by atomic mass is 10.0. The lowest BCUT2D eigenvalue weighted by Crippen LogP contribution is -2.55. The average Bonchev–Trinajstić information content (AvgIpc) is 3.54. The molecule has 3 atom stereocenters. The van der Waals surface area contributed by atoms with Gasteiger partial charge in [0.2, 0.25) is 23.6 Å². The topological polar surface area (TPSA) is 190 Å². The summed E-state index contributed by atoms with van der Waals surface area (Å²) in [6, 6.07) is 9.54. The van der Waals surface area contributed by atoms with E-state index < -0.39 is 47.6 Å².